The quantitative estimate of drug-likeness (QED) is 0.779. The molecule has 0 aliphatic rings. The fourth-order valence-electron chi connectivity index (χ4n) is 1.51. The average molecular weight is 331 g/mol. The summed E-state index contributed by atoms with van der Waals surface area (Å²) >= 11 is 5.00. The lowest BCUT2D eigenvalue weighted by Gasteiger charge is -2.17. The van der Waals surface area contributed by atoms with Gasteiger partial charge in [-0.15, -0.1) is 11.3 Å². The maximum absolute atomic E-state index is 11.6. The predicted molar refractivity (Wildman–Crippen MR) is 81.9 cm³/mol. The largest absolute Gasteiger partial charge is 0.351 e. The van der Waals surface area contributed by atoms with Gasteiger partial charge < -0.3 is 10.2 Å². The third-order valence-corrected chi connectivity index (χ3v) is 4.20. The summed E-state index contributed by atoms with van der Waals surface area (Å²) in [6.45, 7) is 7.88. The Morgan fingerprint density at radius 1 is 1.44 bits per heavy atom. The maximum atomic E-state index is 11.6. The Balaban J connectivity index is 2.27. The van der Waals surface area contributed by atoms with E-state index in [4.69, 9.17) is 0 Å². The number of nitrogens with one attached hydrogen (secondary N) is 1. The molecule has 0 aliphatic carbocycles. The lowest BCUT2D eigenvalue weighted by Crippen LogP contribution is -2.34. The molecule has 0 unspecified atom stereocenters. The van der Waals surface area contributed by atoms with E-state index in [0.29, 0.717) is 6.54 Å². The van der Waals surface area contributed by atoms with E-state index in [1.807, 2.05) is 18.2 Å². The summed E-state index contributed by atoms with van der Waals surface area (Å²) in [5.74, 6) is -0.0355. The predicted octanol–water partition coefficient (Wildman–Crippen LogP) is 2.98. The molecule has 0 aromatic carbocycles. The number of carbonyl (C=O) groups is 1. The summed E-state index contributed by atoms with van der Waals surface area (Å²) in [5.41, 5.74) is 0. The molecule has 0 saturated carbocycles. The Kier molecular flexibility index (Phi) is 7.23. The van der Waals surface area contributed by atoms with Gasteiger partial charge in [0.15, 0.2) is 0 Å². The number of hydrogen-bond donors (Lipinski definition) is 1. The van der Waals surface area contributed by atoms with Crippen LogP contribution in [0.1, 0.15) is 18.7 Å². The van der Waals surface area contributed by atoms with Crippen molar-refractivity contribution in [1.29, 1.82) is 0 Å². The van der Waals surface area contributed by atoms with Crippen LogP contribution in [0.25, 0.3) is 6.08 Å². The topological polar surface area (TPSA) is 32.3 Å². The molecule has 1 aromatic heterocycles. The van der Waals surface area contributed by atoms with E-state index in [1.165, 1.54) is 0 Å². The first kappa shape index (κ1) is 15.4. The van der Waals surface area contributed by atoms with Crippen molar-refractivity contribution in [3.63, 3.8) is 0 Å². The highest BCUT2D eigenvalue weighted by Gasteiger charge is 2.00. The second-order valence-electron chi connectivity index (χ2n) is 3.79. The standard InChI is InChI=1S/C13H19BrN2OS/c1-3-16(4-2)10-9-15-13(17)8-6-11-5-7-12(14)18-11/h5-8H,3-4,9-10H2,1-2H3,(H,15,17)/b8-6+. The van der Waals surface area contributed by atoms with Crippen LogP contribution in [0.15, 0.2) is 22.0 Å². The average Bonchev–Trinajstić information content (AvgIpc) is 2.78. The summed E-state index contributed by atoms with van der Waals surface area (Å²) in [6, 6.07) is 3.96. The van der Waals surface area contributed by atoms with E-state index in [2.05, 4.69) is 40.0 Å². The van der Waals surface area contributed by atoms with Crippen molar-refractivity contribution in [2.24, 2.45) is 0 Å². The molecule has 1 N–H and O–H groups in total. The number of nitrogens with zero attached hydrogens (tertiary/aromatic N) is 1. The Morgan fingerprint density at radius 2 is 2.17 bits per heavy atom. The molecule has 0 fully saturated rings. The van der Waals surface area contributed by atoms with E-state index in [9.17, 15) is 4.79 Å². The molecule has 1 amide bonds. The zero-order valence-corrected chi connectivity index (χ0v) is 13.2. The van der Waals surface area contributed by atoms with Gasteiger partial charge in [-0.25, -0.2) is 0 Å². The molecule has 0 radical (unpaired) electrons. The van der Waals surface area contributed by atoms with Crippen LogP contribution < -0.4 is 5.32 Å². The van der Waals surface area contributed by atoms with Gasteiger partial charge in [0.25, 0.3) is 0 Å². The number of halogens is 1. The molecule has 100 valence electrons. The lowest BCUT2D eigenvalue weighted by atomic mass is 10.4. The van der Waals surface area contributed by atoms with Crippen molar-refractivity contribution in [3.8, 4) is 0 Å². The van der Waals surface area contributed by atoms with Crippen molar-refractivity contribution in [1.82, 2.24) is 10.2 Å². The minimum atomic E-state index is -0.0355. The van der Waals surface area contributed by atoms with Crippen LogP contribution in [0, 0.1) is 0 Å². The van der Waals surface area contributed by atoms with Gasteiger partial charge >= 0.3 is 0 Å². The Morgan fingerprint density at radius 3 is 2.72 bits per heavy atom. The van der Waals surface area contributed by atoms with Crippen LogP contribution in [0.2, 0.25) is 0 Å². The van der Waals surface area contributed by atoms with Gasteiger partial charge in [0.1, 0.15) is 0 Å². The van der Waals surface area contributed by atoms with Crippen LogP contribution >= 0.6 is 27.3 Å². The van der Waals surface area contributed by atoms with Crippen molar-refractivity contribution in [3.05, 3.63) is 26.9 Å². The zero-order valence-electron chi connectivity index (χ0n) is 10.8. The molecule has 1 heterocycles. The molecule has 5 heteroatoms. The van der Waals surface area contributed by atoms with Gasteiger partial charge in [-0.1, -0.05) is 13.8 Å². The van der Waals surface area contributed by atoms with Crippen LogP contribution in [0.3, 0.4) is 0 Å². The summed E-state index contributed by atoms with van der Waals surface area (Å²) in [6.07, 6.45) is 3.42. The smallest absolute Gasteiger partial charge is 0.244 e. The van der Waals surface area contributed by atoms with Crippen molar-refractivity contribution < 1.29 is 4.79 Å². The zero-order chi connectivity index (χ0) is 13.4. The molecule has 0 bridgehead atoms. The van der Waals surface area contributed by atoms with Gasteiger partial charge in [0.05, 0.1) is 3.79 Å². The molecular formula is C13H19BrN2OS. The van der Waals surface area contributed by atoms with Crippen LogP contribution in [0.4, 0.5) is 0 Å². The van der Waals surface area contributed by atoms with Gasteiger partial charge in [-0.3, -0.25) is 4.79 Å². The minimum Gasteiger partial charge on any atom is -0.351 e. The molecule has 1 aromatic rings. The molecule has 3 nitrogen and oxygen atoms in total. The fourth-order valence-corrected chi connectivity index (χ4v) is 2.84. The molecule has 0 atom stereocenters. The molecular weight excluding hydrogens is 312 g/mol. The van der Waals surface area contributed by atoms with Crippen LogP contribution in [-0.4, -0.2) is 37.0 Å². The van der Waals surface area contributed by atoms with Gasteiger partial charge in [-0.05, 0) is 47.2 Å². The van der Waals surface area contributed by atoms with E-state index < -0.39 is 0 Å². The first-order valence-electron chi connectivity index (χ1n) is 6.09. The number of amides is 1. The number of rotatable bonds is 7. The Labute approximate surface area is 121 Å². The molecule has 0 spiro atoms. The van der Waals surface area contributed by atoms with Gasteiger partial charge in [0, 0.05) is 24.0 Å². The summed E-state index contributed by atoms with van der Waals surface area (Å²) in [4.78, 5) is 14.9. The Hall–Kier alpha value is -0.650. The van der Waals surface area contributed by atoms with E-state index >= 15 is 0 Å². The van der Waals surface area contributed by atoms with Crippen LogP contribution in [-0.2, 0) is 4.79 Å². The maximum Gasteiger partial charge on any atom is 0.244 e. The number of hydrogen-bond acceptors (Lipinski definition) is 3. The summed E-state index contributed by atoms with van der Waals surface area (Å²) in [7, 11) is 0. The van der Waals surface area contributed by atoms with Crippen molar-refractivity contribution in [2.75, 3.05) is 26.2 Å². The highest BCUT2D eigenvalue weighted by molar-refractivity contribution is 9.11. The second-order valence-corrected chi connectivity index (χ2v) is 6.29. The minimum absolute atomic E-state index is 0.0355. The number of carbonyl (C=O) groups excluding carboxylic acids is 1. The highest BCUT2D eigenvalue weighted by atomic mass is 79.9. The van der Waals surface area contributed by atoms with Gasteiger partial charge in [0.2, 0.25) is 5.91 Å². The fraction of sp³-hybridized carbons (Fsp3) is 0.462. The monoisotopic (exact) mass is 330 g/mol. The van der Waals surface area contributed by atoms with Crippen molar-refractivity contribution in [2.45, 2.75) is 13.8 Å². The van der Waals surface area contributed by atoms with Crippen LogP contribution in [0.5, 0.6) is 0 Å². The SMILES string of the molecule is CCN(CC)CCNC(=O)/C=C/c1ccc(Br)s1. The lowest BCUT2D eigenvalue weighted by molar-refractivity contribution is -0.116. The molecule has 1 rings (SSSR count). The van der Waals surface area contributed by atoms with Gasteiger partial charge in [-0.2, -0.15) is 0 Å². The first-order valence-corrected chi connectivity index (χ1v) is 7.70. The molecule has 18 heavy (non-hydrogen) atoms. The summed E-state index contributed by atoms with van der Waals surface area (Å²) < 4.78 is 1.07. The van der Waals surface area contributed by atoms with E-state index in [0.717, 1.165) is 28.3 Å². The number of likely N-dealkylation sites (N-methyl/N-ethyl adjacent to an activating group) is 1. The third-order valence-electron chi connectivity index (χ3n) is 2.61. The second kappa shape index (κ2) is 8.45. The van der Waals surface area contributed by atoms with E-state index in [-0.39, 0.29) is 5.91 Å². The normalized spacial score (nSPS) is 11.3. The Bertz CT molecular complexity index is 399. The number of thiophene rings is 1. The molecule has 0 aliphatic heterocycles. The van der Waals surface area contributed by atoms with E-state index in [1.54, 1.807) is 17.4 Å². The third kappa shape index (κ3) is 5.80. The molecule has 0 saturated heterocycles. The first-order chi connectivity index (χ1) is 8.65. The summed E-state index contributed by atoms with van der Waals surface area (Å²) in [5, 5.41) is 2.88. The highest BCUT2D eigenvalue weighted by Crippen LogP contribution is 2.22. The van der Waals surface area contributed by atoms with Crippen molar-refractivity contribution >= 4 is 39.2 Å².